The van der Waals surface area contributed by atoms with Gasteiger partial charge in [-0.25, -0.2) is 0 Å². The lowest BCUT2D eigenvalue weighted by atomic mass is 9.92. The molecule has 1 aromatic carbocycles. The van der Waals surface area contributed by atoms with Crippen LogP contribution in [0.15, 0.2) is 36.4 Å². The Morgan fingerprint density at radius 3 is 2.61 bits per heavy atom. The number of benzene rings is 1. The number of amides is 2. The third-order valence-electron chi connectivity index (χ3n) is 6.49. The molecule has 2 aliphatic rings. The van der Waals surface area contributed by atoms with Gasteiger partial charge in [0.15, 0.2) is 0 Å². The van der Waals surface area contributed by atoms with E-state index in [0.717, 1.165) is 64.1 Å². The molecule has 4 rings (SSSR count). The highest BCUT2D eigenvalue weighted by molar-refractivity contribution is 5.92. The molecule has 31 heavy (non-hydrogen) atoms. The number of rotatable bonds is 7. The lowest BCUT2D eigenvalue weighted by Gasteiger charge is -2.31. The second-order valence-corrected chi connectivity index (χ2v) is 8.98. The molecule has 2 fully saturated rings. The minimum Gasteiger partial charge on any atom is -0.352 e. The van der Waals surface area contributed by atoms with Crippen molar-refractivity contribution in [2.24, 2.45) is 5.92 Å². The first-order chi connectivity index (χ1) is 15.1. The maximum atomic E-state index is 12.5. The summed E-state index contributed by atoms with van der Waals surface area (Å²) >= 11 is 0. The van der Waals surface area contributed by atoms with Gasteiger partial charge in [0.05, 0.1) is 0 Å². The molecule has 7 heteroatoms. The lowest BCUT2D eigenvalue weighted by molar-refractivity contribution is -0.122. The van der Waals surface area contributed by atoms with Crippen LogP contribution in [0.1, 0.15) is 53.8 Å². The van der Waals surface area contributed by atoms with Crippen LogP contribution in [-0.4, -0.2) is 64.0 Å². The molecule has 0 saturated carbocycles. The summed E-state index contributed by atoms with van der Waals surface area (Å²) in [5.74, 6) is 0.674. The van der Waals surface area contributed by atoms with E-state index < -0.39 is 0 Å². The quantitative estimate of drug-likeness (QED) is 0.718. The van der Waals surface area contributed by atoms with Gasteiger partial charge in [-0.05, 0) is 50.2 Å². The normalized spacial score (nSPS) is 20.2. The van der Waals surface area contributed by atoms with E-state index in [1.54, 1.807) is 6.07 Å². The Balaban J connectivity index is 1.13. The summed E-state index contributed by atoms with van der Waals surface area (Å²) in [6, 6.07) is 12.5. The highest BCUT2D eigenvalue weighted by Gasteiger charge is 2.27. The molecule has 1 aromatic heterocycles. The molecule has 0 bridgehead atoms. The second-order valence-electron chi connectivity index (χ2n) is 8.98. The molecular formula is C24H33N5O2. The van der Waals surface area contributed by atoms with Crippen molar-refractivity contribution in [3.63, 3.8) is 0 Å². The average molecular weight is 424 g/mol. The van der Waals surface area contributed by atoms with Crippen molar-refractivity contribution in [1.82, 2.24) is 25.3 Å². The Bertz CT molecular complexity index is 873. The van der Waals surface area contributed by atoms with Crippen molar-refractivity contribution in [2.75, 3.05) is 26.2 Å². The van der Waals surface area contributed by atoms with Gasteiger partial charge in [-0.3, -0.25) is 19.6 Å². The van der Waals surface area contributed by atoms with Crippen molar-refractivity contribution in [3.05, 3.63) is 53.3 Å². The molecular weight excluding hydrogens is 390 g/mol. The van der Waals surface area contributed by atoms with Crippen LogP contribution in [0.3, 0.4) is 0 Å². The van der Waals surface area contributed by atoms with Crippen LogP contribution in [0, 0.1) is 12.8 Å². The number of hydrogen-bond donors (Lipinski definition) is 2. The number of likely N-dealkylation sites (tertiary alicyclic amines) is 2. The Morgan fingerprint density at radius 2 is 1.90 bits per heavy atom. The fraction of sp³-hybridized carbons (Fsp3) is 0.542. The van der Waals surface area contributed by atoms with Crippen LogP contribution < -0.4 is 5.32 Å². The third-order valence-corrected chi connectivity index (χ3v) is 6.49. The largest absolute Gasteiger partial charge is 0.352 e. The molecule has 0 aliphatic carbocycles. The van der Waals surface area contributed by atoms with Crippen LogP contribution in [0.5, 0.6) is 0 Å². The number of carbonyl (C=O) groups excluding carboxylic acids is 2. The van der Waals surface area contributed by atoms with E-state index in [0.29, 0.717) is 18.0 Å². The molecule has 2 N–H and O–H groups in total. The van der Waals surface area contributed by atoms with E-state index in [1.165, 1.54) is 5.56 Å². The molecule has 166 valence electrons. The zero-order valence-electron chi connectivity index (χ0n) is 18.3. The zero-order valence-corrected chi connectivity index (χ0v) is 18.3. The topological polar surface area (TPSA) is 81.3 Å². The van der Waals surface area contributed by atoms with Crippen LogP contribution in [0.4, 0.5) is 0 Å². The van der Waals surface area contributed by atoms with E-state index in [2.05, 4.69) is 44.7 Å². The monoisotopic (exact) mass is 423 g/mol. The highest BCUT2D eigenvalue weighted by atomic mass is 16.2. The first-order valence-electron chi connectivity index (χ1n) is 11.4. The summed E-state index contributed by atoms with van der Waals surface area (Å²) in [6.45, 7) is 6.29. The van der Waals surface area contributed by atoms with Crippen LogP contribution in [0.25, 0.3) is 0 Å². The number of aryl methyl sites for hydroxylation is 1. The molecule has 3 heterocycles. The van der Waals surface area contributed by atoms with Gasteiger partial charge in [-0.15, -0.1) is 0 Å². The van der Waals surface area contributed by atoms with E-state index in [9.17, 15) is 9.59 Å². The Hall–Kier alpha value is -2.67. The van der Waals surface area contributed by atoms with Gasteiger partial charge in [0, 0.05) is 50.9 Å². The van der Waals surface area contributed by atoms with Gasteiger partial charge in [-0.1, -0.05) is 30.3 Å². The SMILES string of the molecule is Cc1cc(C(=O)N2CCC(CCC(=O)NC3CCN(Cc4ccccc4)C3)CC2)n[nH]1. The molecule has 2 aliphatic heterocycles. The summed E-state index contributed by atoms with van der Waals surface area (Å²) in [7, 11) is 0. The number of aromatic nitrogens is 2. The number of hydrogen-bond acceptors (Lipinski definition) is 4. The minimum absolute atomic E-state index is 0.00170. The number of nitrogens with one attached hydrogen (secondary N) is 2. The average Bonchev–Trinajstić information content (AvgIpc) is 3.41. The molecule has 7 nitrogen and oxygen atoms in total. The van der Waals surface area contributed by atoms with Crippen molar-refractivity contribution >= 4 is 11.8 Å². The van der Waals surface area contributed by atoms with Gasteiger partial charge in [-0.2, -0.15) is 5.10 Å². The number of nitrogens with zero attached hydrogens (tertiary/aromatic N) is 3. The summed E-state index contributed by atoms with van der Waals surface area (Å²) in [5, 5.41) is 10.1. The summed E-state index contributed by atoms with van der Waals surface area (Å²) in [6.07, 6.45) is 4.40. The molecule has 2 saturated heterocycles. The third kappa shape index (κ3) is 5.94. The van der Waals surface area contributed by atoms with E-state index in [4.69, 9.17) is 0 Å². The first kappa shape index (κ1) is 21.6. The standard InChI is InChI=1S/C24H33N5O2/c1-18-15-22(27-26-18)24(31)29-13-9-19(10-14-29)7-8-23(30)25-21-11-12-28(17-21)16-20-5-3-2-4-6-20/h2-6,15,19,21H,7-14,16-17H2,1H3,(H,25,30)(H,26,27). The van der Waals surface area contributed by atoms with Crippen molar-refractivity contribution in [3.8, 4) is 0 Å². The molecule has 1 unspecified atom stereocenters. The van der Waals surface area contributed by atoms with Gasteiger partial charge in [0.1, 0.15) is 5.69 Å². The van der Waals surface area contributed by atoms with Crippen molar-refractivity contribution < 1.29 is 9.59 Å². The van der Waals surface area contributed by atoms with Gasteiger partial charge < -0.3 is 10.2 Å². The first-order valence-corrected chi connectivity index (χ1v) is 11.4. The van der Waals surface area contributed by atoms with Crippen molar-refractivity contribution in [1.29, 1.82) is 0 Å². The molecule has 2 aromatic rings. The summed E-state index contributed by atoms with van der Waals surface area (Å²) in [5.41, 5.74) is 2.71. The molecule has 0 radical (unpaired) electrons. The second kappa shape index (κ2) is 10.1. The minimum atomic E-state index is 0.00170. The number of H-pyrrole nitrogens is 1. The Kier molecular flexibility index (Phi) is 7.02. The predicted octanol–water partition coefficient (Wildman–Crippen LogP) is 2.74. The maximum absolute atomic E-state index is 12.5. The van der Waals surface area contributed by atoms with Crippen LogP contribution in [0.2, 0.25) is 0 Å². The van der Waals surface area contributed by atoms with Gasteiger partial charge >= 0.3 is 0 Å². The van der Waals surface area contributed by atoms with Gasteiger partial charge in [0.25, 0.3) is 5.91 Å². The number of carbonyl (C=O) groups is 2. The van der Waals surface area contributed by atoms with Crippen LogP contribution in [-0.2, 0) is 11.3 Å². The molecule has 2 amide bonds. The predicted molar refractivity (Wildman–Crippen MR) is 119 cm³/mol. The lowest BCUT2D eigenvalue weighted by Crippen LogP contribution is -2.39. The van der Waals surface area contributed by atoms with E-state index >= 15 is 0 Å². The van der Waals surface area contributed by atoms with Crippen molar-refractivity contribution in [2.45, 2.75) is 51.6 Å². The Labute approximate surface area is 184 Å². The van der Waals surface area contributed by atoms with Gasteiger partial charge in [0.2, 0.25) is 5.91 Å². The molecule has 1 atom stereocenters. The maximum Gasteiger partial charge on any atom is 0.274 e. The smallest absolute Gasteiger partial charge is 0.274 e. The highest BCUT2D eigenvalue weighted by Crippen LogP contribution is 2.23. The zero-order chi connectivity index (χ0) is 21.6. The van der Waals surface area contributed by atoms with E-state index in [-0.39, 0.29) is 17.9 Å². The Morgan fingerprint density at radius 1 is 1.13 bits per heavy atom. The fourth-order valence-electron chi connectivity index (χ4n) is 4.69. The summed E-state index contributed by atoms with van der Waals surface area (Å²) in [4.78, 5) is 29.2. The fourth-order valence-corrected chi connectivity index (χ4v) is 4.69. The molecule has 0 spiro atoms. The van der Waals surface area contributed by atoms with E-state index in [1.807, 2.05) is 17.9 Å². The number of aromatic amines is 1. The van der Waals surface area contributed by atoms with Crippen LogP contribution >= 0.6 is 0 Å². The summed E-state index contributed by atoms with van der Waals surface area (Å²) < 4.78 is 0. The number of piperidine rings is 1.